The Labute approximate surface area is 130 Å². The molecule has 4 heteroatoms. The Balaban J connectivity index is 2.19. The number of amides is 1. The summed E-state index contributed by atoms with van der Waals surface area (Å²) < 4.78 is 5.36. The van der Waals surface area contributed by atoms with Crippen LogP contribution in [0.25, 0.3) is 0 Å². The molecule has 0 bridgehead atoms. The number of hydrogen-bond acceptors (Lipinski definition) is 3. The van der Waals surface area contributed by atoms with Gasteiger partial charge in [-0.3, -0.25) is 0 Å². The first-order chi connectivity index (χ1) is 9.87. The van der Waals surface area contributed by atoms with E-state index in [0.29, 0.717) is 0 Å². The smallest absolute Gasteiger partial charge is 0.408 e. The molecule has 1 saturated carbocycles. The highest BCUT2D eigenvalue weighted by atomic mass is 16.6. The number of nitrogens with one attached hydrogen (secondary N) is 2. The fraction of sp³-hybridized carbons (Fsp3) is 0.941. The maximum atomic E-state index is 11.9. The van der Waals surface area contributed by atoms with Crippen LogP contribution >= 0.6 is 0 Å². The Kier molecular flexibility index (Phi) is 7.50. The van der Waals surface area contributed by atoms with Gasteiger partial charge in [0.25, 0.3) is 0 Å². The molecule has 1 rings (SSSR count). The number of alkyl carbamates (subject to hydrolysis) is 1. The molecular formula is C17H34N2O2. The standard InChI is InChI=1S/C17H34N2O2/c1-5-6-7-8-9-13-18-14-17(11-10-12-17)19-15(20)21-16(2,3)4/h18H,5-14H2,1-4H3,(H,19,20). The van der Waals surface area contributed by atoms with Crippen molar-refractivity contribution in [1.29, 1.82) is 0 Å². The van der Waals surface area contributed by atoms with Gasteiger partial charge in [-0.1, -0.05) is 32.6 Å². The van der Waals surface area contributed by atoms with Crippen molar-refractivity contribution < 1.29 is 9.53 Å². The molecule has 21 heavy (non-hydrogen) atoms. The molecule has 1 aliphatic carbocycles. The summed E-state index contributed by atoms with van der Waals surface area (Å²) in [6.45, 7) is 9.83. The summed E-state index contributed by atoms with van der Waals surface area (Å²) in [5, 5.41) is 6.58. The molecule has 0 aromatic heterocycles. The molecule has 0 aromatic rings. The van der Waals surface area contributed by atoms with Crippen LogP contribution in [0.4, 0.5) is 4.79 Å². The first-order valence-electron chi connectivity index (χ1n) is 8.59. The summed E-state index contributed by atoms with van der Waals surface area (Å²) in [7, 11) is 0. The molecule has 0 saturated heterocycles. The van der Waals surface area contributed by atoms with Crippen molar-refractivity contribution in [3.63, 3.8) is 0 Å². The molecular weight excluding hydrogens is 264 g/mol. The minimum Gasteiger partial charge on any atom is -0.444 e. The quantitative estimate of drug-likeness (QED) is 0.633. The number of ether oxygens (including phenoxy) is 1. The van der Waals surface area contributed by atoms with Crippen LogP contribution in [0.1, 0.15) is 79.1 Å². The van der Waals surface area contributed by atoms with Crippen LogP contribution in [0.15, 0.2) is 0 Å². The minimum atomic E-state index is -0.429. The van der Waals surface area contributed by atoms with Crippen molar-refractivity contribution in [2.45, 2.75) is 90.2 Å². The van der Waals surface area contributed by atoms with Crippen molar-refractivity contribution in [2.75, 3.05) is 13.1 Å². The number of carbonyl (C=O) groups excluding carboxylic acids is 1. The zero-order valence-corrected chi connectivity index (χ0v) is 14.4. The molecule has 1 aliphatic rings. The van der Waals surface area contributed by atoms with Crippen molar-refractivity contribution in [3.05, 3.63) is 0 Å². The molecule has 1 amide bonds. The second kappa shape index (κ2) is 8.62. The van der Waals surface area contributed by atoms with Crippen molar-refractivity contribution in [3.8, 4) is 0 Å². The van der Waals surface area contributed by atoms with Gasteiger partial charge in [-0.15, -0.1) is 0 Å². The van der Waals surface area contributed by atoms with Gasteiger partial charge in [-0.05, 0) is 53.0 Å². The van der Waals surface area contributed by atoms with Crippen LogP contribution in [-0.4, -0.2) is 30.3 Å². The highest BCUT2D eigenvalue weighted by Crippen LogP contribution is 2.31. The molecule has 0 radical (unpaired) electrons. The summed E-state index contributed by atoms with van der Waals surface area (Å²) in [6.07, 6.45) is 9.49. The molecule has 0 heterocycles. The largest absolute Gasteiger partial charge is 0.444 e. The lowest BCUT2D eigenvalue weighted by Crippen LogP contribution is -2.59. The fourth-order valence-electron chi connectivity index (χ4n) is 2.65. The van der Waals surface area contributed by atoms with Crippen molar-refractivity contribution in [1.82, 2.24) is 10.6 Å². The van der Waals surface area contributed by atoms with E-state index in [1.165, 1.54) is 38.5 Å². The third-order valence-corrected chi connectivity index (χ3v) is 4.00. The van der Waals surface area contributed by atoms with E-state index in [0.717, 1.165) is 25.9 Å². The molecule has 0 unspecified atom stereocenters. The Morgan fingerprint density at radius 2 is 1.81 bits per heavy atom. The molecule has 1 fully saturated rings. The average molecular weight is 298 g/mol. The van der Waals surface area contributed by atoms with Crippen LogP contribution in [0.3, 0.4) is 0 Å². The van der Waals surface area contributed by atoms with Crippen LogP contribution in [0, 0.1) is 0 Å². The van der Waals surface area contributed by atoms with E-state index in [2.05, 4.69) is 17.6 Å². The number of unbranched alkanes of at least 4 members (excludes halogenated alkanes) is 4. The Hall–Kier alpha value is -0.770. The normalized spacial score (nSPS) is 17.1. The fourth-order valence-corrected chi connectivity index (χ4v) is 2.65. The number of carbonyl (C=O) groups is 1. The molecule has 0 atom stereocenters. The van der Waals surface area contributed by atoms with E-state index in [1.54, 1.807) is 0 Å². The first kappa shape index (κ1) is 18.3. The number of hydrogen-bond donors (Lipinski definition) is 2. The Morgan fingerprint density at radius 3 is 2.33 bits per heavy atom. The lowest BCUT2D eigenvalue weighted by atomic mass is 9.76. The summed E-state index contributed by atoms with van der Waals surface area (Å²) in [6, 6.07) is 0. The summed E-state index contributed by atoms with van der Waals surface area (Å²) in [4.78, 5) is 11.9. The monoisotopic (exact) mass is 298 g/mol. The topological polar surface area (TPSA) is 50.4 Å². The summed E-state index contributed by atoms with van der Waals surface area (Å²) >= 11 is 0. The predicted octanol–water partition coefficient (Wildman–Crippen LogP) is 3.99. The van der Waals surface area contributed by atoms with E-state index in [-0.39, 0.29) is 11.6 Å². The van der Waals surface area contributed by atoms with Crippen LogP contribution in [0.2, 0.25) is 0 Å². The highest BCUT2D eigenvalue weighted by Gasteiger charge is 2.39. The van der Waals surface area contributed by atoms with E-state index < -0.39 is 5.60 Å². The molecule has 0 aromatic carbocycles. The van der Waals surface area contributed by atoms with E-state index >= 15 is 0 Å². The van der Waals surface area contributed by atoms with Crippen LogP contribution < -0.4 is 10.6 Å². The van der Waals surface area contributed by atoms with Gasteiger partial charge in [-0.25, -0.2) is 4.79 Å². The second-order valence-corrected chi connectivity index (χ2v) is 7.35. The average Bonchev–Trinajstić information content (AvgIpc) is 2.32. The molecule has 2 N–H and O–H groups in total. The molecule has 0 spiro atoms. The highest BCUT2D eigenvalue weighted by molar-refractivity contribution is 5.69. The van der Waals surface area contributed by atoms with Gasteiger partial charge in [0.2, 0.25) is 0 Å². The maximum absolute atomic E-state index is 11.9. The molecule has 4 nitrogen and oxygen atoms in total. The first-order valence-corrected chi connectivity index (χ1v) is 8.59. The molecule has 0 aliphatic heterocycles. The van der Waals surface area contributed by atoms with Gasteiger partial charge >= 0.3 is 6.09 Å². The zero-order valence-electron chi connectivity index (χ0n) is 14.4. The lowest BCUT2D eigenvalue weighted by Gasteiger charge is -2.42. The predicted molar refractivity (Wildman–Crippen MR) is 87.6 cm³/mol. The number of rotatable bonds is 9. The van der Waals surface area contributed by atoms with Crippen molar-refractivity contribution >= 4 is 6.09 Å². The van der Waals surface area contributed by atoms with Crippen LogP contribution in [-0.2, 0) is 4.74 Å². The maximum Gasteiger partial charge on any atom is 0.408 e. The van der Waals surface area contributed by atoms with Gasteiger partial charge in [0.15, 0.2) is 0 Å². The van der Waals surface area contributed by atoms with Crippen LogP contribution in [0.5, 0.6) is 0 Å². The summed E-state index contributed by atoms with van der Waals surface area (Å²) in [5.41, 5.74) is -0.506. The van der Waals surface area contributed by atoms with Gasteiger partial charge in [0.1, 0.15) is 5.60 Å². The van der Waals surface area contributed by atoms with E-state index in [9.17, 15) is 4.79 Å². The van der Waals surface area contributed by atoms with Crippen molar-refractivity contribution in [2.24, 2.45) is 0 Å². The molecule has 124 valence electrons. The summed E-state index contributed by atoms with van der Waals surface area (Å²) in [5.74, 6) is 0. The van der Waals surface area contributed by atoms with Gasteiger partial charge in [0, 0.05) is 6.54 Å². The van der Waals surface area contributed by atoms with Gasteiger partial charge in [-0.2, -0.15) is 0 Å². The second-order valence-electron chi connectivity index (χ2n) is 7.35. The van der Waals surface area contributed by atoms with Gasteiger partial charge in [0.05, 0.1) is 5.54 Å². The Bertz CT molecular complexity index is 306. The third-order valence-electron chi connectivity index (χ3n) is 4.00. The zero-order chi connectivity index (χ0) is 15.8. The van der Waals surface area contributed by atoms with E-state index in [1.807, 2.05) is 20.8 Å². The van der Waals surface area contributed by atoms with Gasteiger partial charge < -0.3 is 15.4 Å². The third kappa shape index (κ3) is 7.70. The van der Waals surface area contributed by atoms with E-state index in [4.69, 9.17) is 4.74 Å². The Morgan fingerprint density at radius 1 is 1.14 bits per heavy atom. The minimum absolute atomic E-state index is 0.0776. The SMILES string of the molecule is CCCCCCCNCC1(NC(=O)OC(C)(C)C)CCC1. The lowest BCUT2D eigenvalue weighted by molar-refractivity contribution is 0.0382.